The average molecular weight is 287 g/mol. The van der Waals surface area contributed by atoms with E-state index in [9.17, 15) is 24.0 Å². The van der Waals surface area contributed by atoms with Crippen LogP contribution in [0.4, 0.5) is 14.5 Å². The Balaban J connectivity index is 2.33. The second kappa shape index (κ2) is 6.10. The van der Waals surface area contributed by atoms with Gasteiger partial charge >= 0.3 is 5.69 Å². The number of phenols is 1. The molecular weight excluding hydrogens is 272 g/mol. The number of nitro benzene ring substituents is 1. The minimum Gasteiger partial charge on any atom is -0.502 e. The Kier molecular flexibility index (Phi) is 4.46. The van der Waals surface area contributed by atoms with Crippen LogP contribution in [0.25, 0.3) is 0 Å². The predicted molar refractivity (Wildman–Crippen MR) is 67.9 cm³/mol. The van der Waals surface area contributed by atoms with Gasteiger partial charge in [0.25, 0.3) is 6.43 Å². The molecule has 1 fully saturated rings. The van der Waals surface area contributed by atoms with E-state index < -0.39 is 28.8 Å². The van der Waals surface area contributed by atoms with Crippen molar-refractivity contribution in [3.8, 4) is 5.75 Å². The van der Waals surface area contributed by atoms with E-state index in [2.05, 4.69) is 5.32 Å². The molecule has 0 saturated carbocycles. The molecule has 1 aliphatic heterocycles. The minimum absolute atomic E-state index is 0.145. The summed E-state index contributed by atoms with van der Waals surface area (Å²) in [6, 6.07) is 2.22. The van der Waals surface area contributed by atoms with Gasteiger partial charge in [-0.15, -0.1) is 0 Å². The molecule has 0 amide bonds. The third kappa shape index (κ3) is 3.02. The molecule has 1 saturated heterocycles. The number of rotatable bonds is 4. The van der Waals surface area contributed by atoms with Gasteiger partial charge in [0.1, 0.15) is 0 Å². The maximum absolute atomic E-state index is 13.3. The summed E-state index contributed by atoms with van der Waals surface area (Å²) in [7, 11) is 0. The lowest BCUT2D eigenvalue weighted by molar-refractivity contribution is -0.386. The van der Waals surface area contributed by atoms with Crippen LogP contribution in [0.3, 0.4) is 0 Å². The molecule has 0 bridgehead atoms. The van der Waals surface area contributed by atoms with Gasteiger partial charge < -0.3 is 10.4 Å². The number of halogens is 2. The van der Waals surface area contributed by atoms with Gasteiger partial charge in [0, 0.05) is 32.2 Å². The van der Waals surface area contributed by atoms with Gasteiger partial charge in [0.2, 0.25) is 0 Å². The lowest BCUT2D eigenvalue weighted by Crippen LogP contribution is -2.46. The topological polar surface area (TPSA) is 78.6 Å². The Bertz CT molecular complexity index is 493. The molecule has 1 atom stereocenters. The smallest absolute Gasteiger partial charge is 0.311 e. The maximum atomic E-state index is 13.3. The van der Waals surface area contributed by atoms with Gasteiger partial charge in [-0.3, -0.25) is 15.0 Å². The summed E-state index contributed by atoms with van der Waals surface area (Å²) in [4.78, 5) is 11.6. The van der Waals surface area contributed by atoms with Crippen molar-refractivity contribution in [3.05, 3.63) is 33.9 Å². The summed E-state index contributed by atoms with van der Waals surface area (Å²) < 4.78 is 26.6. The number of nitro groups is 1. The largest absolute Gasteiger partial charge is 0.502 e. The molecular formula is C12H15F2N3O3. The first-order valence-corrected chi connectivity index (χ1v) is 6.21. The predicted octanol–water partition coefficient (Wildman–Crippen LogP) is 1.51. The highest BCUT2D eigenvalue weighted by Crippen LogP contribution is 2.34. The second-order valence-electron chi connectivity index (χ2n) is 4.57. The molecule has 1 aromatic rings. The van der Waals surface area contributed by atoms with E-state index in [4.69, 9.17) is 0 Å². The van der Waals surface area contributed by atoms with E-state index >= 15 is 0 Å². The Hall–Kier alpha value is -1.80. The molecule has 2 N–H and O–H groups in total. The summed E-state index contributed by atoms with van der Waals surface area (Å²) in [6.45, 7) is 2.10. The molecule has 8 heteroatoms. The van der Waals surface area contributed by atoms with Gasteiger partial charge in [-0.05, 0) is 11.6 Å². The van der Waals surface area contributed by atoms with E-state index in [0.29, 0.717) is 26.2 Å². The Morgan fingerprint density at radius 1 is 1.35 bits per heavy atom. The number of nitrogens with zero attached hydrogens (tertiary/aromatic N) is 2. The molecule has 0 aliphatic carbocycles. The van der Waals surface area contributed by atoms with Crippen molar-refractivity contribution in [2.45, 2.75) is 12.5 Å². The van der Waals surface area contributed by atoms with Crippen LogP contribution in [0.5, 0.6) is 5.75 Å². The molecule has 1 aliphatic rings. The number of benzene rings is 1. The fraction of sp³-hybridized carbons (Fsp3) is 0.500. The van der Waals surface area contributed by atoms with Crippen LogP contribution in [0.2, 0.25) is 0 Å². The van der Waals surface area contributed by atoms with E-state index in [-0.39, 0.29) is 5.56 Å². The van der Waals surface area contributed by atoms with Crippen molar-refractivity contribution in [1.82, 2.24) is 10.2 Å². The summed E-state index contributed by atoms with van der Waals surface area (Å²) in [5, 5.41) is 23.2. The average Bonchev–Trinajstić information content (AvgIpc) is 2.41. The Morgan fingerprint density at radius 2 is 2.00 bits per heavy atom. The first kappa shape index (κ1) is 14.6. The third-order valence-corrected chi connectivity index (χ3v) is 3.32. The van der Waals surface area contributed by atoms with E-state index in [1.807, 2.05) is 0 Å². The number of hydrogen-bond acceptors (Lipinski definition) is 5. The molecule has 1 aromatic carbocycles. The van der Waals surface area contributed by atoms with Gasteiger partial charge in [0.15, 0.2) is 5.75 Å². The Labute approximate surface area is 114 Å². The maximum Gasteiger partial charge on any atom is 0.311 e. The number of phenolic OH excluding ortho intramolecular Hbond substituents is 1. The second-order valence-corrected chi connectivity index (χ2v) is 4.57. The molecule has 2 rings (SSSR count). The van der Waals surface area contributed by atoms with Crippen molar-refractivity contribution in [1.29, 1.82) is 0 Å². The number of nitrogens with one attached hydrogen (secondary N) is 1. The quantitative estimate of drug-likeness (QED) is 0.648. The van der Waals surface area contributed by atoms with Crippen LogP contribution in [0.1, 0.15) is 11.6 Å². The van der Waals surface area contributed by atoms with Crippen LogP contribution in [-0.4, -0.2) is 47.5 Å². The van der Waals surface area contributed by atoms with E-state index in [1.54, 1.807) is 4.90 Å². The number of alkyl halides is 2. The normalized spacial score (nSPS) is 18.1. The molecule has 110 valence electrons. The fourth-order valence-corrected chi connectivity index (χ4v) is 2.35. The molecule has 20 heavy (non-hydrogen) atoms. The molecule has 0 spiro atoms. The highest BCUT2D eigenvalue weighted by Gasteiger charge is 2.31. The summed E-state index contributed by atoms with van der Waals surface area (Å²) in [5.74, 6) is -0.521. The standard InChI is InChI=1S/C12H15F2N3O3/c13-12(14)11(16-5-3-15-4-6-16)8-1-2-10(18)9(7-8)17(19)20/h1-2,7,11-12,15,18H,3-6H2/t11-/m1/s1. The van der Waals surface area contributed by atoms with Crippen LogP contribution in [0.15, 0.2) is 18.2 Å². The molecule has 6 nitrogen and oxygen atoms in total. The minimum atomic E-state index is -2.66. The van der Waals surface area contributed by atoms with Crippen molar-refractivity contribution in [3.63, 3.8) is 0 Å². The third-order valence-electron chi connectivity index (χ3n) is 3.32. The van der Waals surface area contributed by atoms with Crippen LogP contribution >= 0.6 is 0 Å². The first-order valence-electron chi connectivity index (χ1n) is 6.21. The zero-order valence-corrected chi connectivity index (χ0v) is 10.6. The zero-order valence-electron chi connectivity index (χ0n) is 10.6. The molecule has 0 aromatic heterocycles. The summed E-state index contributed by atoms with van der Waals surface area (Å²) in [6.07, 6.45) is -2.66. The van der Waals surface area contributed by atoms with Crippen molar-refractivity contribution < 1.29 is 18.8 Å². The number of aromatic hydroxyl groups is 1. The van der Waals surface area contributed by atoms with Gasteiger partial charge in [-0.25, -0.2) is 8.78 Å². The van der Waals surface area contributed by atoms with E-state index in [0.717, 1.165) is 12.1 Å². The van der Waals surface area contributed by atoms with Gasteiger partial charge in [-0.2, -0.15) is 0 Å². The lowest BCUT2D eigenvalue weighted by Gasteiger charge is -2.34. The van der Waals surface area contributed by atoms with Crippen LogP contribution in [0, 0.1) is 10.1 Å². The van der Waals surface area contributed by atoms with Crippen molar-refractivity contribution >= 4 is 5.69 Å². The highest BCUT2D eigenvalue weighted by atomic mass is 19.3. The SMILES string of the molecule is O=[N+]([O-])c1cc([C@H](C(F)F)N2CCNCC2)ccc1O. The summed E-state index contributed by atoms with van der Waals surface area (Å²) in [5.41, 5.74) is -0.408. The Morgan fingerprint density at radius 3 is 2.55 bits per heavy atom. The van der Waals surface area contributed by atoms with Crippen LogP contribution in [-0.2, 0) is 0 Å². The first-order chi connectivity index (χ1) is 9.50. The molecule has 0 radical (unpaired) electrons. The molecule has 0 unspecified atom stereocenters. The zero-order chi connectivity index (χ0) is 14.7. The fourth-order valence-electron chi connectivity index (χ4n) is 2.35. The van der Waals surface area contributed by atoms with Crippen LogP contribution < -0.4 is 5.32 Å². The number of piperazine rings is 1. The van der Waals surface area contributed by atoms with Crippen molar-refractivity contribution in [2.75, 3.05) is 26.2 Å². The lowest BCUT2D eigenvalue weighted by atomic mass is 10.0. The monoisotopic (exact) mass is 287 g/mol. The highest BCUT2D eigenvalue weighted by molar-refractivity contribution is 5.48. The summed E-state index contributed by atoms with van der Waals surface area (Å²) >= 11 is 0. The van der Waals surface area contributed by atoms with Gasteiger partial charge in [-0.1, -0.05) is 6.07 Å². The van der Waals surface area contributed by atoms with E-state index in [1.165, 1.54) is 6.07 Å². The molecule has 1 heterocycles. The van der Waals surface area contributed by atoms with Crippen molar-refractivity contribution in [2.24, 2.45) is 0 Å². The number of hydrogen-bond donors (Lipinski definition) is 2. The van der Waals surface area contributed by atoms with Gasteiger partial charge in [0.05, 0.1) is 11.0 Å².